The van der Waals surface area contributed by atoms with Crippen LogP contribution in [0.25, 0.3) is 0 Å². The molecule has 0 aromatic carbocycles. The zero-order chi connectivity index (χ0) is 12.3. The number of aromatic nitrogens is 2. The molecule has 3 nitrogen and oxygen atoms in total. The smallest absolute Gasteiger partial charge is 0.0758 e. The molecule has 0 amide bonds. The molecule has 0 spiro atoms. The minimum atomic E-state index is 0.745. The van der Waals surface area contributed by atoms with Gasteiger partial charge in [0.15, 0.2) is 0 Å². The van der Waals surface area contributed by atoms with Gasteiger partial charge in [0.2, 0.25) is 0 Å². The summed E-state index contributed by atoms with van der Waals surface area (Å²) in [5, 5.41) is 4.76. The van der Waals surface area contributed by atoms with E-state index in [-0.39, 0.29) is 0 Å². The maximum Gasteiger partial charge on any atom is 0.0758 e. The summed E-state index contributed by atoms with van der Waals surface area (Å²) in [5.41, 5.74) is 2.67. The highest BCUT2D eigenvalue weighted by Crippen LogP contribution is 2.22. The van der Waals surface area contributed by atoms with E-state index in [2.05, 4.69) is 41.1 Å². The molecular weight excluding hydrogens is 327 g/mol. The topological polar surface area (TPSA) is 27.1 Å². The van der Waals surface area contributed by atoms with Crippen molar-refractivity contribution >= 4 is 22.6 Å². The van der Waals surface area contributed by atoms with Crippen LogP contribution in [-0.2, 0) is 24.1 Å². The van der Waals surface area contributed by atoms with Crippen LogP contribution in [0.4, 0.5) is 0 Å². The number of ether oxygens (including phenoxy) is 1. The van der Waals surface area contributed by atoms with Crippen LogP contribution < -0.4 is 0 Å². The lowest BCUT2D eigenvalue weighted by molar-refractivity contribution is 0.0598. The van der Waals surface area contributed by atoms with Crippen LogP contribution in [0.3, 0.4) is 0 Å². The van der Waals surface area contributed by atoms with Crippen LogP contribution in [0, 0.1) is 9.49 Å². The van der Waals surface area contributed by atoms with Gasteiger partial charge in [-0.2, -0.15) is 5.10 Å². The molecule has 0 unspecified atom stereocenters. The van der Waals surface area contributed by atoms with E-state index in [0.29, 0.717) is 0 Å². The van der Waals surface area contributed by atoms with E-state index < -0.39 is 0 Å². The van der Waals surface area contributed by atoms with E-state index in [9.17, 15) is 0 Å². The highest BCUT2D eigenvalue weighted by Gasteiger charge is 2.18. The average molecular weight is 348 g/mol. The second-order valence-corrected chi connectivity index (χ2v) is 5.73. The molecule has 1 aromatic rings. The highest BCUT2D eigenvalue weighted by atomic mass is 127. The van der Waals surface area contributed by atoms with Crippen LogP contribution >= 0.6 is 22.6 Å². The van der Waals surface area contributed by atoms with Crippen molar-refractivity contribution in [1.82, 2.24) is 9.78 Å². The molecule has 96 valence electrons. The zero-order valence-corrected chi connectivity index (χ0v) is 12.9. The Bertz CT molecular complexity index is 370. The van der Waals surface area contributed by atoms with Gasteiger partial charge < -0.3 is 4.74 Å². The molecule has 0 radical (unpaired) electrons. The first-order chi connectivity index (χ1) is 8.26. The second-order valence-electron chi connectivity index (χ2n) is 4.65. The van der Waals surface area contributed by atoms with Crippen LogP contribution in [0.5, 0.6) is 0 Å². The summed E-state index contributed by atoms with van der Waals surface area (Å²) in [6.45, 7) is 7.32. The molecule has 0 bridgehead atoms. The third-order valence-electron chi connectivity index (χ3n) is 3.50. The fraction of sp³-hybridized carbons (Fsp3) is 0.769. The minimum Gasteiger partial charge on any atom is -0.381 e. The van der Waals surface area contributed by atoms with E-state index in [0.717, 1.165) is 38.5 Å². The Morgan fingerprint density at radius 2 is 2.00 bits per heavy atom. The molecule has 0 atom stereocenters. The van der Waals surface area contributed by atoms with E-state index in [4.69, 9.17) is 9.84 Å². The summed E-state index contributed by atoms with van der Waals surface area (Å²) in [6.07, 6.45) is 4.47. The highest BCUT2D eigenvalue weighted by molar-refractivity contribution is 14.1. The summed E-state index contributed by atoms with van der Waals surface area (Å²) >= 11 is 2.45. The average Bonchev–Trinajstić information content (AvgIpc) is 2.66. The summed E-state index contributed by atoms with van der Waals surface area (Å²) in [5.74, 6) is 0.745. The fourth-order valence-corrected chi connectivity index (χ4v) is 3.57. The number of aryl methyl sites for hydroxylation is 1. The molecule has 0 saturated carbocycles. The van der Waals surface area contributed by atoms with Crippen molar-refractivity contribution in [2.75, 3.05) is 13.2 Å². The van der Waals surface area contributed by atoms with Crippen LogP contribution in [0.1, 0.15) is 38.1 Å². The fourth-order valence-electron chi connectivity index (χ4n) is 2.42. The molecule has 0 N–H and O–H groups in total. The number of rotatable bonds is 4. The van der Waals surface area contributed by atoms with Crippen molar-refractivity contribution in [3.8, 4) is 0 Å². The molecule has 1 saturated heterocycles. The first kappa shape index (κ1) is 13.3. The van der Waals surface area contributed by atoms with Crippen molar-refractivity contribution in [2.24, 2.45) is 5.92 Å². The third-order valence-corrected chi connectivity index (χ3v) is 4.75. The van der Waals surface area contributed by atoms with E-state index >= 15 is 0 Å². The Morgan fingerprint density at radius 1 is 1.29 bits per heavy atom. The molecule has 0 aliphatic carbocycles. The lowest BCUT2D eigenvalue weighted by Crippen LogP contribution is -2.22. The zero-order valence-electron chi connectivity index (χ0n) is 10.7. The Kier molecular flexibility index (Phi) is 4.85. The molecule has 2 heterocycles. The monoisotopic (exact) mass is 348 g/mol. The molecule has 4 heteroatoms. The lowest BCUT2D eigenvalue weighted by Gasteiger charge is -2.22. The maximum atomic E-state index is 5.41. The standard InChI is InChI=1S/C13H21IN2O/c1-3-11-13(14)12(4-2)16(15-11)9-10-5-7-17-8-6-10/h10H,3-9H2,1-2H3. The summed E-state index contributed by atoms with van der Waals surface area (Å²) in [4.78, 5) is 0. The number of nitrogens with zero attached hydrogens (tertiary/aromatic N) is 2. The Labute approximate surface area is 117 Å². The third kappa shape index (κ3) is 3.02. The molecule has 1 fully saturated rings. The molecule has 17 heavy (non-hydrogen) atoms. The SMILES string of the molecule is CCc1nn(CC2CCOCC2)c(CC)c1I. The quantitative estimate of drug-likeness (QED) is 0.782. The van der Waals surface area contributed by atoms with Crippen LogP contribution in [0.15, 0.2) is 0 Å². The van der Waals surface area contributed by atoms with Crippen LogP contribution in [-0.4, -0.2) is 23.0 Å². The summed E-state index contributed by atoms with van der Waals surface area (Å²) in [7, 11) is 0. The van der Waals surface area contributed by atoms with Crippen molar-refractivity contribution in [1.29, 1.82) is 0 Å². The van der Waals surface area contributed by atoms with Crippen molar-refractivity contribution in [2.45, 2.75) is 46.1 Å². The first-order valence-electron chi connectivity index (χ1n) is 6.58. The number of halogens is 1. The Morgan fingerprint density at radius 3 is 2.59 bits per heavy atom. The van der Waals surface area contributed by atoms with Gasteiger partial charge in [-0.15, -0.1) is 0 Å². The van der Waals surface area contributed by atoms with E-state index in [1.807, 2.05) is 0 Å². The number of hydrogen-bond donors (Lipinski definition) is 0. The van der Waals surface area contributed by atoms with Gasteiger partial charge in [0, 0.05) is 19.8 Å². The van der Waals surface area contributed by atoms with Gasteiger partial charge in [-0.25, -0.2) is 0 Å². The molecule has 2 rings (SSSR count). The van der Waals surface area contributed by atoms with E-state index in [1.165, 1.54) is 27.8 Å². The lowest BCUT2D eigenvalue weighted by atomic mass is 10.0. The maximum absolute atomic E-state index is 5.41. The number of hydrogen-bond acceptors (Lipinski definition) is 2. The van der Waals surface area contributed by atoms with Crippen molar-refractivity contribution in [3.05, 3.63) is 15.0 Å². The predicted molar refractivity (Wildman–Crippen MR) is 77.2 cm³/mol. The van der Waals surface area contributed by atoms with Gasteiger partial charge >= 0.3 is 0 Å². The Balaban J connectivity index is 2.13. The van der Waals surface area contributed by atoms with Crippen LogP contribution in [0.2, 0.25) is 0 Å². The Hall–Kier alpha value is -0.100. The normalized spacial score (nSPS) is 17.6. The van der Waals surface area contributed by atoms with E-state index in [1.54, 1.807) is 0 Å². The molecule has 1 aliphatic heterocycles. The van der Waals surface area contributed by atoms with Gasteiger partial charge in [-0.3, -0.25) is 4.68 Å². The van der Waals surface area contributed by atoms with Gasteiger partial charge in [0.25, 0.3) is 0 Å². The van der Waals surface area contributed by atoms with Gasteiger partial charge in [-0.1, -0.05) is 13.8 Å². The summed E-state index contributed by atoms with van der Waals surface area (Å²) in [6, 6.07) is 0. The molecular formula is C13H21IN2O. The largest absolute Gasteiger partial charge is 0.381 e. The summed E-state index contributed by atoms with van der Waals surface area (Å²) < 4.78 is 9.03. The second kappa shape index (κ2) is 6.18. The van der Waals surface area contributed by atoms with Gasteiger partial charge in [0.05, 0.1) is 15.0 Å². The molecule has 1 aromatic heterocycles. The van der Waals surface area contributed by atoms with Gasteiger partial charge in [0.1, 0.15) is 0 Å². The van der Waals surface area contributed by atoms with Crippen molar-refractivity contribution < 1.29 is 4.74 Å². The first-order valence-corrected chi connectivity index (χ1v) is 7.65. The van der Waals surface area contributed by atoms with Crippen molar-refractivity contribution in [3.63, 3.8) is 0 Å². The van der Waals surface area contributed by atoms with Gasteiger partial charge in [-0.05, 0) is 54.2 Å². The minimum absolute atomic E-state index is 0.745. The predicted octanol–water partition coefficient (Wildman–Crippen LogP) is 3.04. The molecule has 1 aliphatic rings.